The predicted octanol–water partition coefficient (Wildman–Crippen LogP) is 4.30. The molecule has 0 bridgehead atoms. The number of benzene rings is 1. The molecule has 1 aromatic rings. The van der Waals surface area contributed by atoms with Crippen LogP contribution in [0.3, 0.4) is 0 Å². The Morgan fingerprint density at radius 1 is 1.06 bits per heavy atom. The second-order valence-corrected chi connectivity index (χ2v) is 4.62. The molecule has 1 atom stereocenters. The first kappa shape index (κ1) is 13.9. The fourth-order valence-electron chi connectivity index (χ4n) is 2.15. The van der Waals surface area contributed by atoms with Crippen molar-refractivity contribution < 1.29 is 25.8 Å². The van der Waals surface area contributed by atoms with Crippen LogP contribution in [0, 0.1) is 25.7 Å². The normalized spacial score (nSPS) is 15.8. The maximum Gasteiger partial charge on any atom is 0.0301 e. The first-order valence-electron chi connectivity index (χ1n) is 5.80. The molecule has 1 aromatic carbocycles. The zero-order chi connectivity index (χ0) is 11.0. The largest absolute Gasteiger partial charge is 0.0718 e. The van der Waals surface area contributed by atoms with E-state index < -0.39 is 0 Å². The molecule has 1 radical (unpaired) electrons. The summed E-state index contributed by atoms with van der Waals surface area (Å²) in [7, 11) is 0. The second kappa shape index (κ2) is 5.44. The van der Waals surface area contributed by atoms with Gasteiger partial charge < -0.3 is 0 Å². The Bertz CT molecular complexity index is 404. The summed E-state index contributed by atoms with van der Waals surface area (Å²) in [6.45, 7) is 8.95. The minimum Gasteiger partial charge on any atom is -0.0718 e. The van der Waals surface area contributed by atoms with Gasteiger partial charge in [0, 0.05) is 31.8 Å². The molecule has 0 heterocycles. The number of hydrogen-bond donors (Lipinski definition) is 0. The van der Waals surface area contributed by atoms with E-state index >= 15 is 0 Å². The Hall–Kier alpha value is -0.170. The van der Waals surface area contributed by atoms with Crippen molar-refractivity contribution >= 4 is 6.08 Å². The molecule has 0 amide bonds. The number of aryl methyl sites for hydroxylation is 2. The van der Waals surface area contributed by atoms with E-state index in [0.717, 1.165) is 0 Å². The summed E-state index contributed by atoms with van der Waals surface area (Å²) in [5.74, 6) is 2.18. The molecule has 1 heteroatoms. The summed E-state index contributed by atoms with van der Waals surface area (Å²) in [5.41, 5.74) is 5.64. The van der Waals surface area contributed by atoms with E-state index in [1.165, 1.54) is 34.6 Å². The molecule has 1 unspecified atom stereocenters. The molecular weight excluding hydrogens is 359 g/mol. The minimum absolute atomic E-state index is 0. The number of hydrogen-bond acceptors (Lipinski definition) is 0. The number of fused-ring (bicyclic) bond motifs is 1. The van der Waals surface area contributed by atoms with Gasteiger partial charge in [-0.2, -0.15) is 0 Å². The Morgan fingerprint density at radius 3 is 2.31 bits per heavy atom. The van der Waals surface area contributed by atoms with Crippen molar-refractivity contribution in [3.05, 3.63) is 46.4 Å². The van der Waals surface area contributed by atoms with E-state index in [0.29, 0.717) is 5.92 Å². The third-order valence-electron chi connectivity index (χ3n) is 3.56. The smallest absolute Gasteiger partial charge is 0.0301 e. The average Bonchev–Trinajstić information content (AvgIpc) is 2.61. The van der Waals surface area contributed by atoms with Gasteiger partial charge in [-0.05, 0) is 42.0 Å². The summed E-state index contributed by atoms with van der Waals surface area (Å²) in [5, 5.41) is 0. The van der Waals surface area contributed by atoms with Gasteiger partial charge in [0.15, 0.2) is 0 Å². The molecule has 0 N–H and O–H groups in total. The van der Waals surface area contributed by atoms with Gasteiger partial charge in [0.25, 0.3) is 0 Å². The standard InChI is InChI=1S/C15H19.Hf/c1-5-10(2)14-7-6-13-8-11(3)12(4)9-15(13)14;/h6-10H,5H2,1-4H3;. The topological polar surface area (TPSA) is 0 Å². The van der Waals surface area contributed by atoms with E-state index in [4.69, 9.17) is 0 Å². The fraction of sp³-hybridized carbons (Fsp3) is 0.400. The maximum absolute atomic E-state index is 2.34. The summed E-state index contributed by atoms with van der Waals surface area (Å²) in [6.07, 6.45) is 5.76. The van der Waals surface area contributed by atoms with E-state index in [9.17, 15) is 0 Å². The molecule has 0 aromatic heterocycles. The molecule has 83 valence electrons. The Kier molecular flexibility index (Phi) is 4.73. The molecular formula is C15H19Hf. The van der Waals surface area contributed by atoms with Crippen LogP contribution < -0.4 is 0 Å². The van der Waals surface area contributed by atoms with Crippen molar-refractivity contribution in [2.24, 2.45) is 5.92 Å². The molecule has 1 aliphatic rings. The molecule has 0 fully saturated rings. The van der Waals surface area contributed by atoms with Crippen LogP contribution in [0.5, 0.6) is 0 Å². The van der Waals surface area contributed by atoms with Crippen LogP contribution in [0.25, 0.3) is 6.08 Å². The fourth-order valence-corrected chi connectivity index (χ4v) is 2.15. The van der Waals surface area contributed by atoms with Gasteiger partial charge >= 0.3 is 0 Å². The quantitative estimate of drug-likeness (QED) is 0.674. The van der Waals surface area contributed by atoms with Crippen LogP contribution >= 0.6 is 0 Å². The van der Waals surface area contributed by atoms with Crippen LogP contribution in [-0.4, -0.2) is 0 Å². The Balaban J connectivity index is 0.00000128. The van der Waals surface area contributed by atoms with Crippen LogP contribution in [0.4, 0.5) is 0 Å². The van der Waals surface area contributed by atoms with Gasteiger partial charge in [0.05, 0.1) is 0 Å². The molecule has 0 nitrogen and oxygen atoms in total. The molecule has 1 aliphatic carbocycles. The molecule has 2 rings (SSSR count). The van der Waals surface area contributed by atoms with Gasteiger partial charge in [-0.25, -0.2) is 0 Å². The first-order chi connectivity index (χ1) is 7.13. The average molecular weight is 378 g/mol. The van der Waals surface area contributed by atoms with E-state index in [1.807, 2.05) is 0 Å². The minimum atomic E-state index is 0. The number of rotatable bonds is 2. The van der Waals surface area contributed by atoms with Crippen LogP contribution in [0.15, 0.2) is 18.2 Å². The molecule has 0 aliphatic heterocycles. The van der Waals surface area contributed by atoms with E-state index in [1.54, 1.807) is 0 Å². The third-order valence-corrected chi connectivity index (χ3v) is 3.56. The number of allylic oxidation sites excluding steroid dienone is 1. The zero-order valence-electron chi connectivity index (χ0n) is 10.6. The van der Waals surface area contributed by atoms with Crippen molar-refractivity contribution in [2.75, 3.05) is 0 Å². The summed E-state index contributed by atoms with van der Waals surface area (Å²) in [4.78, 5) is 0. The molecule has 16 heavy (non-hydrogen) atoms. The Labute approximate surface area is 118 Å². The third kappa shape index (κ3) is 2.40. The van der Waals surface area contributed by atoms with Gasteiger partial charge in [-0.15, -0.1) is 0 Å². The summed E-state index contributed by atoms with van der Waals surface area (Å²) >= 11 is 0. The SMILES string of the molecule is CCC(C)[C]1C=Cc2cc(C)c(C)cc21.[Hf]. The predicted molar refractivity (Wildman–Crippen MR) is 66.8 cm³/mol. The van der Waals surface area contributed by atoms with Gasteiger partial charge in [0.2, 0.25) is 0 Å². The van der Waals surface area contributed by atoms with Crippen LogP contribution in [-0.2, 0) is 25.8 Å². The van der Waals surface area contributed by atoms with Crippen molar-refractivity contribution in [1.82, 2.24) is 0 Å². The van der Waals surface area contributed by atoms with Crippen molar-refractivity contribution in [1.29, 1.82) is 0 Å². The molecule has 0 saturated carbocycles. The second-order valence-electron chi connectivity index (χ2n) is 4.62. The van der Waals surface area contributed by atoms with E-state index in [-0.39, 0.29) is 25.8 Å². The Morgan fingerprint density at radius 2 is 1.69 bits per heavy atom. The van der Waals surface area contributed by atoms with Crippen LogP contribution in [0.1, 0.15) is 42.5 Å². The van der Waals surface area contributed by atoms with Crippen molar-refractivity contribution in [3.63, 3.8) is 0 Å². The molecule has 0 saturated heterocycles. The first-order valence-corrected chi connectivity index (χ1v) is 5.80. The molecule has 0 spiro atoms. The summed E-state index contributed by atoms with van der Waals surface area (Å²) in [6, 6.07) is 4.64. The van der Waals surface area contributed by atoms with Crippen molar-refractivity contribution in [2.45, 2.75) is 34.1 Å². The van der Waals surface area contributed by atoms with Crippen LogP contribution in [0.2, 0.25) is 0 Å². The van der Waals surface area contributed by atoms with Gasteiger partial charge in [0.1, 0.15) is 0 Å². The monoisotopic (exact) mass is 379 g/mol. The van der Waals surface area contributed by atoms with Gasteiger partial charge in [-0.3, -0.25) is 0 Å². The summed E-state index contributed by atoms with van der Waals surface area (Å²) < 4.78 is 0. The van der Waals surface area contributed by atoms with Crippen molar-refractivity contribution in [3.8, 4) is 0 Å². The van der Waals surface area contributed by atoms with Gasteiger partial charge in [-0.1, -0.05) is 44.6 Å². The zero-order valence-corrected chi connectivity index (χ0v) is 14.2. The van der Waals surface area contributed by atoms with E-state index in [2.05, 4.69) is 52.0 Å². The maximum atomic E-state index is 2.34.